The molecule has 0 unspecified atom stereocenters. The van der Waals surface area contributed by atoms with Crippen LogP contribution in [0.5, 0.6) is 0 Å². The molecule has 2 heterocycles. The zero-order chi connectivity index (χ0) is 25.1. The van der Waals surface area contributed by atoms with Crippen molar-refractivity contribution in [2.45, 2.75) is 85.5 Å². The molecule has 2 nitrogen and oxygen atoms in total. The predicted octanol–water partition coefficient (Wildman–Crippen LogP) is 9.36. The molecule has 0 radical (unpaired) electrons. The molecule has 178 valence electrons. The van der Waals surface area contributed by atoms with Crippen LogP contribution in [0.4, 0.5) is 0 Å². The van der Waals surface area contributed by atoms with Gasteiger partial charge in [-0.1, -0.05) is 80.0 Å². The number of nitrogens with zero attached hydrogens (tertiary/aromatic N) is 1. The van der Waals surface area contributed by atoms with E-state index in [-0.39, 0.29) is 16.2 Å². The molecule has 34 heavy (non-hydrogen) atoms. The fourth-order valence-electron chi connectivity index (χ4n) is 4.25. The van der Waals surface area contributed by atoms with Crippen LogP contribution >= 0.6 is 0 Å². The third-order valence-corrected chi connectivity index (χ3v) is 6.59. The summed E-state index contributed by atoms with van der Waals surface area (Å²) in [7, 11) is 0. The Morgan fingerprint density at radius 2 is 1.12 bits per heavy atom. The van der Waals surface area contributed by atoms with E-state index in [1.807, 2.05) is 6.20 Å². The van der Waals surface area contributed by atoms with Gasteiger partial charge in [-0.25, -0.2) is 0 Å². The minimum atomic E-state index is 0.0622. The molecule has 0 aliphatic rings. The Bertz CT molecular complexity index is 1320. The predicted molar refractivity (Wildman–Crippen MR) is 146 cm³/mol. The van der Waals surface area contributed by atoms with Gasteiger partial charge < -0.3 is 4.42 Å². The lowest BCUT2D eigenvalue weighted by Gasteiger charge is -2.26. The lowest BCUT2D eigenvalue weighted by Crippen LogP contribution is -2.16. The molecular weight excluding hydrogens is 414 g/mol. The summed E-state index contributed by atoms with van der Waals surface area (Å²) in [6.07, 6.45) is 1.87. The van der Waals surface area contributed by atoms with Crippen molar-refractivity contribution in [1.29, 1.82) is 0 Å². The van der Waals surface area contributed by atoms with Gasteiger partial charge in [0.1, 0.15) is 5.76 Å². The molecule has 4 rings (SSSR count). The van der Waals surface area contributed by atoms with E-state index >= 15 is 0 Å². The highest BCUT2D eigenvalue weighted by molar-refractivity contribution is 5.85. The molecule has 0 saturated heterocycles. The van der Waals surface area contributed by atoms with Crippen molar-refractivity contribution in [1.82, 2.24) is 4.98 Å². The first kappa shape index (κ1) is 24.3. The fourth-order valence-corrected chi connectivity index (χ4v) is 4.25. The number of rotatable bonds is 2. The van der Waals surface area contributed by atoms with Crippen LogP contribution in [0.1, 0.15) is 84.6 Å². The first-order valence-electron chi connectivity index (χ1n) is 12.3. The molecule has 0 aliphatic heterocycles. The number of hydrogen-bond donors (Lipinski definition) is 0. The molecule has 0 atom stereocenters. The summed E-state index contributed by atoms with van der Waals surface area (Å²) in [4.78, 5) is 4.77. The molecule has 2 aromatic heterocycles. The van der Waals surface area contributed by atoms with Crippen LogP contribution in [-0.4, -0.2) is 4.98 Å². The molecule has 0 aliphatic carbocycles. The van der Waals surface area contributed by atoms with Gasteiger partial charge in [0.2, 0.25) is 0 Å². The van der Waals surface area contributed by atoms with Gasteiger partial charge in [0.05, 0.1) is 11.9 Å². The van der Waals surface area contributed by atoms with Crippen LogP contribution < -0.4 is 0 Å². The smallest absolute Gasteiger partial charge is 0.153 e. The summed E-state index contributed by atoms with van der Waals surface area (Å²) in [5, 5.41) is 1.08. The van der Waals surface area contributed by atoms with Crippen LogP contribution in [0.3, 0.4) is 0 Å². The molecular formula is C32H39NO. The van der Waals surface area contributed by atoms with Crippen molar-refractivity contribution >= 4 is 11.0 Å². The average molecular weight is 454 g/mol. The normalized spacial score (nSPS) is 13.0. The molecule has 2 aromatic carbocycles. The Labute approximate surface area is 205 Å². The van der Waals surface area contributed by atoms with Gasteiger partial charge in [-0.3, -0.25) is 4.98 Å². The van der Waals surface area contributed by atoms with E-state index in [4.69, 9.17) is 9.40 Å². The van der Waals surface area contributed by atoms with E-state index in [2.05, 4.69) is 118 Å². The van der Waals surface area contributed by atoms with E-state index in [9.17, 15) is 0 Å². The van der Waals surface area contributed by atoms with E-state index in [0.717, 1.165) is 33.6 Å². The summed E-state index contributed by atoms with van der Waals surface area (Å²) in [6.45, 7) is 22.5. The minimum Gasteiger partial charge on any atom is -0.454 e. The number of furan rings is 1. The average Bonchev–Trinajstić information content (AvgIpc) is 3.14. The number of pyridine rings is 1. The number of aryl methyl sites for hydroxylation is 1. The number of fused-ring (bicyclic) bond motifs is 1. The Balaban J connectivity index is 1.82. The summed E-state index contributed by atoms with van der Waals surface area (Å²) < 4.78 is 6.32. The van der Waals surface area contributed by atoms with Gasteiger partial charge in [0, 0.05) is 16.5 Å². The van der Waals surface area contributed by atoms with Gasteiger partial charge in [-0.15, -0.1) is 0 Å². The zero-order valence-electron chi connectivity index (χ0n) is 22.6. The molecule has 0 N–H and O–H groups in total. The summed E-state index contributed by atoms with van der Waals surface area (Å²) in [6, 6.07) is 18.0. The number of aromatic nitrogens is 1. The van der Waals surface area contributed by atoms with Crippen LogP contribution in [0, 0.1) is 6.92 Å². The second kappa shape index (κ2) is 8.12. The Hall–Kier alpha value is -2.87. The van der Waals surface area contributed by atoms with Crippen molar-refractivity contribution in [3.05, 3.63) is 77.0 Å². The maximum absolute atomic E-state index is 6.32. The minimum absolute atomic E-state index is 0.0622. The first-order chi connectivity index (χ1) is 15.6. The molecule has 2 heteroatoms. The van der Waals surface area contributed by atoms with Crippen molar-refractivity contribution in [3.8, 4) is 22.6 Å². The van der Waals surface area contributed by atoms with Crippen molar-refractivity contribution in [2.75, 3.05) is 0 Å². The van der Waals surface area contributed by atoms with E-state index in [1.54, 1.807) is 0 Å². The topological polar surface area (TPSA) is 26.0 Å². The molecule has 0 amide bonds. The molecule has 0 saturated carbocycles. The van der Waals surface area contributed by atoms with Crippen LogP contribution in [0.2, 0.25) is 0 Å². The maximum atomic E-state index is 6.32. The van der Waals surface area contributed by atoms with Gasteiger partial charge in [0.25, 0.3) is 0 Å². The molecule has 4 aromatic rings. The lowest BCUT2D eigenvalue weighted by molar-refractivity contribution is 0.567. The second-order valence-electron chi connectivity index (χ2n) is 12.9. The SMILES string of the molecule is Cc1cc(-c2cc3cc(-c4cc(C(C)(C)C)cc(C(C)(C)C)c4)oc3cn2)cc(C(C)(C)C)c1. The quantitative estimate of drug-likeness (QED) is 0.302. The molecule has 0 bridgehead atoms. The Kier molecular flexibility index (Phi) is 5.79. The number of hydrogen-bond acceptors (Lipinski definition) is 2. The maximum Gasteiger partial charge on any atom is 0.153 e. The molecule has 0 fully saturated rings. The Morgan fingerprint density at radius 1 is 0.588 bits per heavy atom. The van der Waals surface area contributed by atoms with Crippen molar-refractivity contribution in [2.24, 2.45) is 0 Å². The third-order valence-electron chi connectivity index (χ3n) is 6.59. The van der Waals surface area contributed by atoms with Gasteiger partial charge in [-0.2, -0.15) is 0 Å². The van der Waals surface area contributed by atoms with E-state index in [0.29, 0.717) is 0 Å². The summed E-state index contributed by atoms with van der Waals surface area (Å²) >= 11 is 0. The number of benzene rings is 2. The Morgan fingerprint density at radius 3 is 1.68 bits per heavy atom. The highest BCUT2D eigenvalue weighted by Crippen LogP contribution is 2.37. The standard InChI is InChI=1S/C32H39NO/c1-20-11-21(13-24(12-20)30(2,3)4)27-16-23-17-28(34-29(23)19-33-27)22-14-25(31(5,6)7)18-26(15-22)32(8,9)10/h11-19H,1-10H3. The summed E-state index contributed by atoms with van der Waals surface area (Å²) in [5.41, 5.74) is 9.52. The van der Waals surface area contributed by atoms with Crippen LogP contribution in [0.25, 0.3) is 33.6 Å². The van der Waals surface area contributed by atoms with Gasteiger partial charge in [0.15, 0.2) is 5.58 Å². The monoisotopic (exact) mass is 453 g/mol. The fraction of sp³-hybridized carbons (Fsp3) is 0.406. The lowest BCUT2D eigenvalue weighted by atomic mass is 9.79. The van der Waals surface area contributed by atoms with Crippen LogP contribution in [-0.2, 0) is 16.2 Å². The highest BCUT2D eigenvalue weighted by atomic mass is 16.3. The third kappa shape index (κ3) is 4.97. The first-order valence-corrected chi connectivity index (χ1v) is 12.3. The highest BCUT2D eigenvalue weighted by Gasteiger charge is 2.22. The van der Waals surface area contributed by atoms with Gasteiger partial charge >= 0.3 is 0 Å². The van der Waals surface area contributed by atoms with E-state index in [1.165, 1.54) is 22.3 Å². The zero-order valence-corrected chi connectivity index (χ0v) is 22.6. The summed E-state index contributed by atoms with van der Waals surface area (Å²) in [5.74, 6) is 0.894. The van der Waals surface area contributed by atoms with Gasteiger partial charge in [-0.05, 0) is 76.3 Å². The van der Waals surface area contributed by atoms with Crippen LogP contribution in [0.15, 0.2) is 59.1 Å². The second-order valence-corrected chi connectivity index (χ2v) is 12.9. The largest absolute Gasteiger partial charge is 0.454 e. The van der Waals surface area contributed by atoms with E-state index < -0.39 is 0 Å². The van der Waals surface area contributed by atoms with Crippen molar-refractivity contribution < 1.29 is 4.42 Å². The molecule has 0 spiro atoms. The van der Waals surface area contributed by atoms with Crippen molar-refractivity contribution in [3.63, 3.8) is 0 Å².